The minimum absolute atomic E-state index is 0.337. The van der Waals surface area contributed by atoms with Crippen LogP contribution < -0.4 is 10.6 Å². The Morgan fingerprint density at radius 3 is 2.69 bits per heavy atom. The van der Waals surface area contributed by atoms with Gasteiger partial charge in [0.15, 0.2) is 0 Å². The lowest BCUT2D eigenvalue weighted by molar-refractivity contribution is 0.207. The van der Waals surface area contributed by atoms with Crippen LogP contribution in [-0.2, 0) is 0 Å². The summed E-state index contributed by atoms with van der Waals surface area (Å²) in [6, 6.07) is 1.31. The third-order valence-electron chi connectivity index (χ3n) is 3.79. The van der Waals surface area contributed by atoms with Gasteiger partial charge in [-0.2, -0.15) is 0 Å². The first-order valence-electron chi connectivity index (χ1n) is 5.30. The maximum Gasteiger partial charge on any atom is 0.0716 e. The lowest BCUT2D eigenvalue weighted by Crippen LogP contribution is -2.45. The van der Waals surface area contributed by atoms with Gasteiger partial charge in [0.05, 0.1) is 12.0 Å². The van der Waals surface area contributed by atoms with Crippen LogP contribution in [-0.4, -0.2) is 24.1 Å². The van der Waals surface area contributed by atoms with Gasteiger partial charge in [-0.25, -0.2) is 0 Å². The van der Waals surface area contributed by atoms with E-state index in [9.17, 15) is 0 Å². The molecular weight excluding hydrogens is 184 g/mol. The SMILES string of the molecule is CC1CCC2NC(CCl)NC2C1C. The molecule has 0 spiro atoms. The molecule has 13 heavy (non-hydrogen) atoms. The fourth-order valence-corrected chi connectivity index (χ4v) is 2.87. The monoisotopic (exact) mass is 202 g/mol. The molecule has 1 aliphatic heterocycles. The van der Waals surface area contributed by atoms with E-state index in [1.165, 1.54) is 12.8 Å². The van der Waals surface area contributed by atoms with E-state index in [-0.39, 0.29) is 0 Å². The molecule has 3 heteroatoms. The zero-order valence-electron chi connectivity index (χ0n) is 8.39. The minimum atomic E-state index is 0.337. The van der Waals surface area contributed by atoms with Crippen molar-refractivity contribution in [2.24, 2.45) is 11.8 Å². The number of rotatable bonds is 1. The minimum Gasteiger partial charge on any atom is -0.297 e. The third-order valence-corrected chi connectivity index (χ3v) is 4.10. The Hall–Kier alpha value is 0.210. The Bertz CT molecular complexity index is 186. The van der Waals surface area contributed by atoms with Crippen molar-refractivity contribution in [1.82, 2.24) is 10.6 Å². The number of hydrogen-bond acceptors (Lipinski definition) is 2. The van der Waals surface area contributed by atoms with E-state index in [0.29, 0.717) is 24.1 Å². The van der Waals surface area contributed by atoms with E-state index in [1.807, 2.05) is 0 Å². The zero-order chi connectivity index (χ0) is 9.42. The van der Waals surface area contributed by atoms with Gasteiger partial charge in [-0.3, -0.25) is 10.6 Å². The van der Waals surface area contributed by atoms with Crippen LogP contribution in [0.5, 0.6) is 0 Å². The molecule has 1 heterocycles. The molecule has 0 aromatic rings. The van der Waals surface area contributed by atoms with Gasteiger partial charge >= 0.3 is 0 Å². The molecule has 0 aromatic carbocycles. The van der Waals surface area contributed by atoms with Gasteiger partial charge in [0.25, 0.3) is 0 Å². The number of fused-ring (bicyclic) bond motifs is 1. The highest BCUT2D eigenvalue weighted by Crippen LogP contribution is 2.32. The van der Waals surface area contributed by atoms with Crippen molar-refractivity contribution in [3.05, 3.63) is 0 Å². The quantitative estimate of drug-likeness (QED) is 0.631. The van der Waals surface area contributed by atoms with Crippen molar-refractivity contribution in [3.63, 3.8) is 0 Å². The topological polar surface area (TPSA) is 24.1 Å². The summed E-state index contributed by atoms with van der Waals surface area (Å²) in [5.74, 6) is 2.30. The first-order valence-corrected chi connectivity index (χ1v) is 5.84. The average molecular weight is 203 g/mol. The smallest absolute Gasteiger partial charge is 0.0716 e. The first-order chi connectivity index (χ1) is 6.22. The summed E-state index contributed by atoms with van der Waals surface area (Å²) in [5.41, 5.74) is 0. The number of nitrogens with one attached hydrogen (secondary N) is 2. The van der Waals surface area contributed by atoms with Crippen LogP contribution in [0.1, 0.15) is 26.7 Å². The predicted octanol–water partition coefficient (Wildman–Crippen LogP) is 1.55. The van der Waals surface area contributed by atoms with Gasteiger partial charge in [-0.1, -0.05) is 13.8 Å². The molecule has 2 fully saturated rings. The average Bonchev–Trinajstić information content (AvgIpc) is 2.55. The highest BCUT2D eigenvalue weighted by Gasteiger charge is 2.40. The summed E-state index contributed by atoms with van der Waals surface area (Å²) >= 11 is 5.83. The van der Waals surface area contributed by atoms with Crippen LogP contribution in [0.3, 0.4) is 0 Å². The van der Waals surface area contributed by atoms with Gasteiger partial charge in [0, 0.05) is 12.1 Å². The maximum atomic E-state index is 5.83. The fourth-order valence-electron chi connectivity index (χ4n) is 2.69. The van der Waals surface area contributed by atoms with Crippen LogP contribution in [0.15, 0.2) is 0 Å². The van der Waals surface area contributed by atoms with Crippen molar-refractivity contribution < 1.29 is 0 Å². The van der Waals surface area contributed by atoms with E-state index in [4.69, 9.17) is 11.6 Å². The van der Waals surface area contributed by atoms with Gasteiger partial charge in [0.1, 0.15) is 0 Å². The molecule has 2 nitrogen and oxygen atoms in total. The van der Waals surface area contributed by atoms with Crippen molar-refractivity contribution in [2.75, 3.05) is 5.88 Å². The molecular formula is C10H19ClN2. The second-order valence-corrected chi connectivity index (χ2v) is 4.89. The van der Waals surface area contributed by atoms with Crippen molar-refractivity contribution in [2.45, 2.75) is 44.9 Å². The molecule has 0 aromatic heterocycles. The molecule has 2 aliphatic rings. The molecule has 2 rings (SSSR count). The summed E-state index contributed by atoms with van der Waals surface area (Å²) in [4.78, 5) is 0. The fraction of sp³-hybridized carbons (Fsp3) is 1.00. The van der Waals surface area contributed by atoms with Gasteiger partial charge in [-0.05, 0) is 24.7 Å². The predicted molar refractivity (Wildman–Crippen MR) is 55.9 cm³/mol. The van der Waals surface area contributed by atoms with Gasteiger partial charge in [-0.15, -0.1) is 11.6 Å². The van der Waals surface area contributed by atoms with E-state index < -0.39 is 0 Å². The molecule has 5 atom stereocenters. The van der Waals surface area contributed by atoms with Crippen molar-refractivity contribution in [3.8, 4) is 0 Å². The molecule has 1 saturated heterocycles. The van der Waals surface area contributed by atoms with Crippen molar-refractivity contribution >= 4 is 11.6 Å². The Morgan fingerprint density at radius 2 is 2.00 bits per heavy atom. The second-order valence-electron chi connectivity index (χ2n) is 4.59. The Balaban J connectivity index is 2.02. The number of alkyl halides is 1. The third kappa shape index (κ3) is 1.72. The first kappa shape index (κ1) is 9.75. The molecule has 0 bridgehead atoms. The zero-order valence-corrected chi connectivity index (χ0v) is 9.14. The van der Waals surface area contributed by atoms with E-state index in [0.717, 1.165) is 11.8 Å². The highest BCUT2D eigenvalue weighted by molar-refractivity contribution is 6.18. The molecule has 5 unspecified atom stereocenters. The molecule has 0 amide bonds. The molecule has 76 valence electrons. The van der Waals surface area contributed by atoms with Crippen LogP contribution in [0.4, 0.5) is 0 Å². The van der Waals surface area contributed by atoms with Gasteiger partial charge in [0.2, 0.25) is 0 Å². The summed E-state index contributed by atoms with van der Waals surface area (Å²) in [7, 11) is 0. The van der Waals surface area contributed by atoms with E-state index >= 15 is 0 Å². The normalized spacial score (nSPS) is 50.5. The highest BCUT2D eigenvalue weighted by atomic mass is 35.5. The van der Waals surface area contributed by atoms with Crippen molar-refractivity contribution in [1.29, 1.82) is 0 Å². The standard InChI is InChI=1S/C10H19ClN2/c1-6-3-4-8-10(7(6)2)13-9(5-11)12-8/h6-10,12-13H,3-5H2,1-2H3. The summed E-state index contributed by atoms with van der Waals surface area (Å²) in [6.07, 6.45) is 2.99. The second kappa shape index (κ2) is 3.76. The maximum absolute atomic E-state index is 5.83. The molecule has 0 radical (unpaired) electrons. The lowest BCUT2D eigenvalue weighted by Gasteiger charge is -2.35. The number of halogens is 1. The largest absolute Gasteiger partial charge is 0.297 e. The van der Waals surface area contributed by atoms with E-state index in [2.05, 4.69) is 24.5 Å². The number of hydrogen-bond donors (Lipinski definition) is 2. The summed E-state index contributed by atoms with van der Waals surface area (Å²) in [5, 5.41) is 7.13. The molecule has 1 aliphatic carbocycles. The van der Waals surface area contributed by atoms with Gasteiger partial charge < -0.3 is 0 Å². The Morgan fingerprint density at radius 1 is 1.23 bits per heavy atom. The van der Waals surface area contributed by atoms with Crippen LogP contribution in [0.2, 0.25) is 0 Å². The van der Waals surface area contributed by atoms with E-state index in [1.54, 1.807) is 0 Å². The van der Waals surface area contributed by atoms with Crippen LogP contribution in [0.25, 0.3) is 0 Å². The van der Waals surface area contributed by atoms with Crippen LogP contribution in [0, 0.1) is 11.8 Å². The Labute approximate surface area is 85.4 Å². The summed E-state index contributed by atoms with van der Waals surface area (Å²) < 4.78 is 0. The molecule has 1 saturated carbocycles. The lowest BCUT2D eigenvalue weighted by atomic mass is 9.76. The summed E-state index contributed by atoms with van der Waals surface area (Å²) in [6.45, 7) is 4.71. The Kier molecular flexibility index (Phi) is 2.82. The molecule has 2 N–H and O–H groups in total. The van der Waals surface area contributed by atoms with Crippen LogP contribution >= 0.6 is 11.6 Å².